The SMILES string of the molecule is CNC(CCN(C)C1CCOC1)C(N)=O. The molecule has 1 aliphatic rings. The van der Waals surface area contributed by atoms with Crippen LogP contribution in [0.25, 0.3) is 0 Å². The molecule has 0 bridgehead atoms. The van der Waals surface area contributed by atoms with Gasteiger partial charge in [-0.25, -0.2) is 0 Å². The first-order chi connectivity index (χ1) is 7.15. The van der Waals surface area contributed by atoms with Gasteiger partial charge in [0.1, 0.15) is 0 Å². The summed E-state index contributed by atoms with van der Waals surface area (Å²) in [4.78, 5) is 13.2. The van der Waals surface area contributed by atoms with Crippen LogP contribution >= 0.6 is 0 Å². The zero-order valence-corrected chi connectivity index (χ0v) is 9.53. The first-order valence-electron chi connectivity index (χ1n) is 5.39. The molecule has 0 spiro atoms. The number of nitrogens with two attached hydrogens (primary N) is 1. The summed E-state index contributed by atoms with van der Waals surface area (Å²) in [6.45, 7) is 2.51. The molecule has 1 aliphatic heterocycles. The maximum Gasteiger partial charge on any atom is 0.234 e. The van der Waals surface area contributed by atoms with Crippen molar-refractivity contribution in [2.75, 3.05) is 33.9 Å². The topological polar surface area (TPSA) is 67.6 Å². The molecular formula is C10H21N3O2. The van der Waals surface area contributed by atoms with E-state index in [1.165, 1.54) is 0 Å². The molecule has 1 heterocycles. The average molecular weight is 215 g/mol. The number of hydrogen-bond acceptors (Lipinski definition) is 4. The van der Waals surface area contributed by atoms with Gasteiger partial charge in [-0.15, -0.1) is 0 Å². The van der Waals surface area contributed by atoms with Crippen LogP contribution in [0.5, 0.6) is 0 Å². The minimum atomic E-state index is -0.284. The van der Waals surface area contributed by atoms with Crippen LogP contribution in [0.1, 0.15) is 12.8 Å². The van der Waals surface area contributed by atoms with Crippen molar-refractivity contribution < 1.29 is 9.53 Å². The summed E-state index contributed by atoms with van der Waals surface area (Å²) in [7, 11) is 3.82. The summed E-state index contributed by atoms with van der Waals surface area (Å²) in [5, 5.41) is 2.91. The van der Waals surface area contributed by atoms with Gasteiger partial charge in [-0.05, 0) is 26.9 Å². The van der Waals surface area contributed by atoms with Crippen molar-refractivity contribution in [1.82, 2.24) is 10.2 Å². The third-order valence-electron chi connectivity index (χ3n) is 2.99. The summed E-state index contributed by atoms with van der Waals surface area (Å²) in [6.07, 6.45) is 1.83. The lowest BCUT2D eigenvalue weighted by Gasteiger charge is -2.24. The molecule has 2 atom stereocenters. The number of likely N-dealkylation sites (N-methyl/N-ethyl adjacent to an activating group) is 2. The van der Waals surface area contributed by atoms with Gasteiger partial charge in [-0.2, -0.15) is 0 Å². The Balaban J connectivity index is 2.25. The zero-order chi connectivity index (χ0) is 11.3. The van der Waals surface area contributed by atoms with E-state index in [1.54, 1.807) is 7.05 Å². The molecule has 1 amide bonds. The first kappa shape index (κ1) is 12.4. The lowest BCUT2D eigenvalue weighted by molar-refractivity contribution is -0.120. The summed E-state index contributed by atoms with van der Waals surface area (Å²) in [5.74, 6) is -0.284. The van der Waals surface area contributed by atoms with E-state index in [-0.39, 0.29) is 11.9 Å². The van der Waals surface area contributed by atoms with E-state index in [4.69, 9.17) is 10.5 Å². The monoisotopic (exact) mass is 215 g/mol. The predicted molar refractivity (Wildman–Crippen MR) is 58.5 cm³/mol. The molecular weight excluding hydrogens is 194 g/mol. The van der Waals surface area contributed by atoms with Gasteiger partial charge in [0.25, 0.3) is 0 Å². The molecule has 15 heavy (non-hydrogen) atoms. The van der Waals surface area contributed by atoms with Crippen LogP contribution in [0.15, 0.2) is 0 Å². The number of rotatable bonds is 6. The molecule has 3 N–H and O–H groups in total. The minimum absolute atomic E-state index is 0.227. The molecule has 1 saturated heterocycles. The van der Waals surface area contributed by atoms with Gasteiger partial charge in [-0.3, -0.25) is 4.79 Å². The fourth-order valence-electron chi connectivity index (χ4n) is 1.81. The van der Waals surface area contributed by atoms with Crippen LogP contribution in [0, 0.1) is 0 Å². The zero-order valence-electron chi connectivity index (χ0n) is 9.53. The quantitative estimate of drug-likeness (QED) is 0.607. The summed E-state index contributed by atoms with van der Waals surface area (Å²) < 4.78 is 5.31. The number of nitrogens with zero attached hydrogens (tertiary/aromatic N) is 1. The Morgan fingerprint density at radius 2 is 2.47 bits per heavy atom. The maximum atomic E-state index is 11.0. The molecule has 0 aliphatic carbocycles. The van der Waals surface area contributed by atoms with E-state index in [0.717, 1.165) is 32.6 Å². The molecule has 0 radical (unpaired) electrons. The van der Waals surface area contributed by atoms with Crippen molar-refractivity contribution in [3.05, 3.63) is 0 Å². The maximum absolute atomic E-state index is 11.0. The van der Waals surface area contributed by atoms with Crippen molar-refractivity contribution in [3.8, 4) is 0 Å². The van der Waals surface area contributed by atoms with Gasteiger partial charge >= 0.3 is 0 Å². The average Bonchev–Trinajstić information content (AvgIpc) is 2.70. The van der Waals surface area contributed by atoms with E-state index in [0.29, 0.717) is 6.04 Å². The normalized spacial score (nSPS) is 23.3. The van der Waals surface area contributed by atoms with Gasteiger partial charge in [0.05, 0.1) is 12.6 Å². The molecule has 0 saturated carbocycles. The van der Waals surface area contributed by atoms with Crippen molar-refractivity contribution in [2.45, 2.75) is 24.9 Å². The molecule has 5 nitrogen and oxygen atoms in total. The van der Waals surface area contributed by atoms with Crippen LogP contribution in [0.3, 0.4) is 0 Å². The van der Waals surface area contributed by atoms with Crippen LogP contribution in [0.4, 0.5) is 0 Å². The molecule has 1 rings (SSSR count). The first-order valence-corrected chi connectivity index (χ1v) is 5.39. The Morgan fingerprint density at radius 3 is 2.93 bits per heavy atom. The molecule has 2 unspecified atom stereocenters. The third kappa shape index (κ3) is 3.77. The highest BCUT2D eigenvalue weighted by atomic mass is 16.5. The van der Waals surface area contributed by atoms with E-state index < -0.39 is 0 Å². The highest BCUT2D eigenvalue weighted by Gasteiger charge is 2.21. The van der Waals surface area contributed by atoms with Crippen LogP contribution in [-0.4, -0.2) is 56.7 Å². The van der Waals surface area contributed by atoms with Crippen molar-refractivity contribution in [1.29, 1.82) is 0 Å². The van der Waals surface area contributed by atoms with Gasteiger partial charge in [0, 0.05) is 19.2 Å². The van der Waals surface area contributed by atoms with Crippen LogP contribution in [0.2, 0.25) is 0 Å². The Morgan fingerprint density at radius 1 is 1.73 bits per heavy atom. The number of amides is 1. The van der Waals surface area contributed by atoms with Crippen LogP contribution < -0.4 is 11.1 Å². The summed E-state index contributed by atoms with van der Waals surface area (Å²) in [6, 6.07) is 0.269. The third-order valence-corrected chi connectivity index (χ3v) is 2.99. The largest absolute Gasteiger partial charge is 0.380 e. The van der Waals surface area contributed by atoms with Gasteiger partial charge in [0.2, 0.25) is 5.91 Å². The van der Waals surface area contributed by atoms with Crippen LogP contribution in [-0.2, 0) is 9.53 Å². The fraction of sp³-hybridized carbons (Fsp3) is 0.900. The Hall–Kier alpha value is -0.650. The standard InChI is InChI=1S/C10H21N3O2/c1-12-9(10(11)14)3-5-13(2)8-4-6-15-7-8/h8-9,12H,3-7H2,1-2H3,(H2,11,14). The lowest BCUT2D eigenvalue weighted by Crippen LogP contribution is -2.43. The predicted octanol–water partition coefficient (Wildman–Crippen LogP) is -0.829. The highest BCUT2D eigenvalue weighted by Crippen LogP contribution is 2.11. The molecule has 5 heteroatoms. The second-order valence-electron chi connectivity index (χ2n) is 4.03. The van der Waals surface area contributed by atoms with Crippen molar-refractivity contribution in [2.24, 2.45) is 5.73 Å². The van der Waals surface area contributed by atoms with E-state index in [1.807, 2.05) is 0 Å². The minimum Gasteiger partial charge on any atom is -0.380 e. The molecule has 1 fully saturated rings. The lowest BCUT2D eigenvalue weighted by atomic mass is 10.1. The number of primary amides is 1. The van der Waals surface area contributed by atoms with Crippen molar-refractivity contribution in [3.63, 3.8) is 0 Å². The second-order valence-corrected chi connectivity index (χ2v) is 4.03. The van der Waals surface area contributed by atoms with E-state index >= 15 is 0 Å². The number of hydrogen-bond donors (Lipinski definition) is 2. The summed E-state index contributed by atoms with van der Waals surface area (Å²) in [5.41, 5.74) is 5.24. The number of carbonyl (C=O) groups is 1. The molecule has 0 aromatic rings. The molecule has 0 aromatic heterocycles. The Bertz CT molecular complexity index is 205. The molecule has 0 aromatic carbocycles. The van der Waals surface area contributed by atoms with Crippen molar-refractivity contribution >= 4 is 5.91 Å². The van der Waals surface area contributed by atoms with Gasteiger partial charge in [0.15, 0.2) is 0 Å². The Labute approximate surface area is 90.9 Å². The highest BCUT2D eigenvalue weighted by molar-refractivity contribution is 5.79. The van der Waals surface area contributed by atoms with E-state index in [9.17, 15) is 4.79 Å². The van der Waals surface area contributed by atoms with Gasteiger partial charge in [-0.1, -0.05) is 0 Å². The number of carbonyl (C=O) groups excluding carboxylic acids is 1. The molecule has 88 valence electrons. The second kappa shape index (κ2) is 6.05. The Kier molecular flexibility index (Phi) is 5.01. The number of nitrogens with one attached hydrogen (secondary N) is 1. The smallest absolute Gasteiger partial charge is 0.234 e. The van der Waals surface area contributed by atoms with Gasteiger partial charge < -0.3 is 20.7 Å². The van der Waals surface area contributed by atoms with E-state index in [2.05, 4.69) is 17.3 Å². The fourth-order valence-corrected chi connectivity index (χ4v) is 1.81. The number of ether oxygens (including phenoxy) is 1. The summed E-state index contributed by atoms with van der Waals surface area (Å²) >= 11 is 0.